The number of hydrogen-bond acceptors (Lipinski definition) is 7. The average molecular weight is 714 g/mol. The van der Waals surface area contributed by atoms with E-state index in [0.29, 0.717) is 46.6 Å². The molecule has 1 amide bonds. The van der Waals surface area contributed by atoms with Crippen molar-refractivity contribution in [1.82, 2.24) is 9.97 Å². The maximum Gasteiger partial charge on any atom is 0.413 e. The molecule has 274 valence electrons. The third-order valence-electron chi connectivity index (χ3n) is 14.1. The molecule has 9 heteroatoms. The first-order valence-electron chi connectivity index (χ1n) is 19.3. The zero-order valence-electron chi connectivity index (χ0n) is 30.8. The molecule has 11 unspecified atom stereocenters. The van der Waals surface area contributed by atoms with Crippen LogP contribution in [0.15, 0.2) is 70.0 Å². The predicted octanol–water partition coefficient (Wildman–Crippen LogP) is 9.61. The minimum Gasteiger partial charge on any atom is -0.453 e. The predicted molar refractivity (Wildman–Crippen MR) is 200 cm³/mol. The molecule has 3 heterocycles. The van der Waals surface area contributed by atoms with Crippen molar-refractivity contribution in [3.8, 4) is 0 Å². The van der Waals surface area contributed by atoms with Gasteiger partial charge >= 0.3 is 6.09 Å². The Morgan fingerprint density at radius 1 is 1.04 bits per heavy atom. The molecule has 2 aromatic carbocycles. The van der Waals surface area contributed by atoms with Crippen molar-refractivity contribution >= 4 is 34.8 Å². The van der Waals surface area contributed by atoms with Crippen molar-refractivity contribution in [2.24, 2.45) is 46.3 Å². The molecule has 0 bridgehead atoms. The number of nitrogens with zero attached hydrogens (tertiary/aromatic N) is 1. The molecule has 6 aliphatic rings. The zero-order valence-corrected chi connectivity index (χ0v) is 31.6. The van der Waals surface area contributed by atoms with E-state index in [9.17, 15) is 9.90 Å². The van der Waals surface area contributed by atoms with Crippen molar-refractivity contribution < 1.29 is 24.1 Å². The summed E-state index contributed by atoms with van der Waals surface area (Å²) in [6, 6.07) is 16.1. The van der Waals surface area contributed by atoms with Gasteiger partial charge < -0.3 is 24.3 Å². The summed E-state index contributed by atoms with van der Waals surface area (Å²) in [6.45, 7) is 10.7. The first kappa shape index (κ1) is 35.2. The van der Waals surface area contributed by atoms with E-state index in [1.54, 1.807) is 17.3 Å². The number of rotatable bonds is 3. The van der Waals surface area contributed by atoms with Gasteiger partial charge in [0.05, 0.1) is 37.0 Å². The summed E-state index contributed by atoms with van der Waals surface area (Å²) in [6.07, 6.45) is 13.0. The SMILES string of the molecule is CC1CCC2(OC1)OC1CC3C4CCC5CC(O)CCC5(C)C4=CCC3(C)C1C2C.COC(=O)Nc1nc2ccc(Sc3ccccc3)cc2[nH]1. The highest BCUT2D eigenvalue weighted by atomic mass is 32.2. The minimum absolute atomic E-state index is 0.0661. The van der Waals surface area contributed by atoms with Gasteiger partial charge in [-0.1, -0.05) is 69.3 Å². The number of carbonyl (C=O) groups is 1. The molecule has 2 saturated heterocycles. The number of ether oxygens (including phenoxy) is 3. The molecule has 3 saturated carbocycles. The summed E-state index contributed by atoms with van der Waals surface area (Å²) in [5, 5.41) is 12.8. The Bertz CT molecular complexity index is 1770. The quantitative estimate of drug-likeness (QED) is 0.232. The van der Waals surface area contributed by atoms with Gasteiger partial charge in [0.2, 0.25) is 5.95 Å². The molecule has 5 fully saturated rings. The summed E-state index contributed by atoms with van der Waals surface area (Å²) in [7, 11) is 1.31. The van der Waals surface area contributed by atoms with E-state index in [-0.39, 0.29) is 11.9 Å². The molecule has 8 nitrogen and oxygen atoms in total. The molecule has 9 rings (SSSR count). The van der Waals surface area contributed by atoms with Crippen LogP contribution in [0.2, 0.25) is 0 Å². The normalized spacial score (nSPS) is 39.5. The first-order valence-corrected chi connectivity index (χ1v) is 20.1. The van der Waals surface area contributed by atoms with Gasteiger partial charge in [-0.25, -0.2) is 9.78 Å². The van der Waals surface area contributed by atoms with Crippen LogP contribution in [-0.4, -0.2) is 52.9 Å². The topological polar surface area (TPSA) is 106 Å². The number of methoxy groups -OCH3 is 1. The van der Waals surface area contributed by atoms with Crippen LogP contribution in [-0.2, 0) is 14.2 Å². The lowest BCUT2D eigenvalue weighted by Crippen LogP contribution is -2.50. The van der Waals surface area contributed by atoms with Gasteiger partial charge in [-0.15, -0.1) is 0 Å². The Morgan fingerprint density at radius 3 is 2.63 bits per heavy atom. The Kier molecular flexibility index (Phi) is 9.34. The second-order valence-corrected chi connectivity index (χ2v) is 18.1. The van der Waals surface area contributed by atoms with Crippen molar-refractivity contribution in [3.05, 3.63) is 60.2 Å². The number of amides is 1. The smallest absolute Gasteiger partial charge is 0.413 e. The Hall–Kier alpha value is -2.85. The molecule has 51 heavy (non-hydrogen) atoms. The largest absolute Gasteiger partial charge is 0.453 e. The van der Waals surface area contributed by atoms with Crippen LogP contribution < -0.4 is 5.32 Å². The van der Waals surface area contributed by atoms with Crippen molar-refractivity contribution in [3.63, 3.8) is 0 Å². The number of fused-ring (bicyclic) bond motifs is 8. The van der Waals surface area contributed by atoms with Crippen LogP contribution in [0.4, 0.5) is 10.7 Å². The number of aromatic amines is 1. The van der Waals surface area contributed by atoms with E-state index in [4.69, 9.17) is 9.47 Å². The number of aromatic nitrogens is 2. The molecule has 3 aromatic rings. The molecular weight excluding hydrogens is 659 g/mol. The number of benzene rings is 2. The molecule has 1 aromatic heterocycles. The van der Waals surface area contributed by atoms with Crippen molar-refractivity contribution in [2.45, 2.75) is 113 Å². The summed E-state index contributed by atoms with van der Waals surface area (Å²) in [4.78, 5) is 20.8. The van der Waals surface area contributed by atoms with Crippen LogP contribution in [0.25, 0.3) is 11.0 Å². The van der Waals surface area contributed by atoms with Crippen LogP contribution in [0, 0.1) is 46.3 Å². The molecular formula is C42H55N3O5S. The Balaban J connectivity index is 0.000000157. The van der Waals surface area contributed by atoms with Gasteiger partial charge in [0.1, 0.15) is 0 Å². The van der Waals surface area contributed by atoms with E-state index in [1.807, 2.05) is 36.4 Å². The number of imidazole rings is 1. The Morgan fingerprint density at radius 2 is 1.86 bits per heavy atom. The second-order valence-electron chi connectivity index (χ2n) is 17.0. The average Bonchev–Trinajstić information content (AvgIpc) is 3.75. The summed E-state index contributed by atoms with van der Waals surface area (Å²) in [5.41, 5.74) is 4.11. The van der Waals surface area contributed by atoms with E-state index in [1.165, 1.54) is 50.5 Å². The minimum atomic E-state index is -0.548. The zero-order chi connectivity index (χ0) is 35.5. The highest BCUT2D eigenvalue weighted by molar-refractivity contribution is 7.99. The Labute approximate surface area is 306 Å². The summed E-state index contributed by atoms with van der Waals surface area (Å²) in [5.74, 6) is 4.06. The fourth-order valence-electron chi connectivity index (χ4n) is 11.4. The fourth-order valence-corrected chi connectivity index (χ4v) is 12.3. The maximum atomic E-state index is 11.2. The molecule has 1 spiro atoms. The highest BCUT2D eigenvalue weighted by Gasteiger charge is 2.67. The summed E-state index contributed by atoms with van der Waals surface area (Å²) >= 11 is 1.67. The number of H-pyrrole nitrogens is 1. The lowest BCUT2D eigenvalue weighted by atomic mass is 9.48. The molecule has 0 radical (unpaired) electrons. The second kappa shape index (κ2) is 13.5. The van der Waals surface area contributed by atoms with Crippen molar-refractivity contribution in [2.75, 3.05) is 19.0 Å². The number of hydrogen-bond donors (Lipinski definition) is 3. The number of nitrogens with one attached hydrogen (secondary N) is 2. The van der Waals surface area contributed by atoms with E-state index in [0.717, 1.165) is 53.6 Å². The third-order valence-corrected chi connectivity index (χ3v) is 15.1. The number of aliphatic hydroxyl groups is 1. The van der Waals surface area contributed by atoms with Gasteiger partial charge in [0, 0.05) is 22.1 Å². The van der Waals surface area contributed by atoms with Gasteiger partial charge in [0.25, 0.3) is 0 Å². The molecule has 4 aliphatic carbocycles. The summed E-state index contributed by atoms with van der Waals surface area (Å²) < 4.78 is 17.9. The van der Waals surface area contributed by atoms with Crippen LogP contribution >= 0.6 is 11.8 Å². The first-order chi connectivity index (χ1) is 24.5. The van der Waals surface area contributed by atoms with E-state index in [2.05, 4.69) is 65.9 Å². The van der Waals surface area contributed by atoms with Gasteiger partial charge in [-0.2, -0.15) is 0 Å². The standard InChI is InChI=1S/C27H42O3.C15H13N3O2S/c1-16-7-12-27(29-15-16)17(2)24-23(30-27)14-22-20-6-5-18-13-19(28)8-10-25(18,3)21(20)9-11-26(22,24)4;1-20-15(19)18-14-16-12-8-7-11(9-13(12)17-14)21-10-5-3-2-4-6-10/h9,16-20,22-24,28H,5-8,10-15H2,1-4H3;2-9H,1H3,(H2,16,17,18,19). The lowest BCUT2D eigenvalue weighted by molar-refractivity contribution is -0.272. The number of aliphatic hydroxyl groups excluding tert-OH is 1. The van der Waals surface area contributed by atoms with Gasteiger partial charge in [-0.3, -0.25) is 5.32 Å². The highest BCUT2D eigenvalue weighted by Crippen LogP contribution is 2.69. The monoisotopic (exact) mass is 713 g/mol. The lowest BCUT2D eigenvalue weighted by Gasteiger charge is -2.57. The van der Waals surface area contributed by atoms with Crippen LogP contribution in [0.3, 0.4) is 0 Å². The molecule has 2 aliphatic heterocycles. The van der Waals surface area contributed by atoms with Gasteiger partial charge in [-0.05, 0) is 122 Å². The van der Waals surface area contributed by atoms with Crippen molar-refractivity contribution in [1.29, 1.82) is 0 Å². The van der Waals surface area contributed by atoms with Gasteiger partial charge in [0.15, 0.2) is 5.79 Å². The number of carbonyl (C=O) groups excluding carboxylic acids is 1. The molecule has 3 N–H and O–H groups in total. The number of anilines is 1. The van der Waals surface area contributed by atoms with E-state index < -0.39 is 6.09 Å². The van der Waals surface area contributed by atoms with E-state index >= 15 is 0 Å². The fraction of sp³-hybridized carbons (Fsp3) is 0.619. The maximum absolute atomic E-state index is 11.2. The molecule has 11 atom stereocenters. The van der Waals surface area contributed by atoms with Crippen LogP contribution in [0.5, 0.6) is 0 Å². The number of allylic oxidation sites excluding steroid dienone is 2. The van der Waals surface area contributed by atoms with Crippen LogP contribution in [0.1, 0.15) is 85.5 Å². The third kappa shape index (κ3) is 6.24.